The molecule has 2 atom stereocenters. The summed E-state index contributed by atoms with van der Waals surface area (Å²) in [6.45, 7) is 4.23. The Labute approximate surface area is 180 Å². The van der Waals surface area contributed by atoms with E-state index in [9.17, 15) is 0 Å². The van der Waals surface area contributed by atoms with Crippen LogP contribution in [0.5, 0.6) is 5.75 Å². The molecule has 1 saturated heterocycles. The van der Waals surface area contributed by atoms with E-state index in [4.69, 9.17) is 26.1 Å². The molecule has 1 fully saturated rings. The summed E-state index contributed by atoms with van der Waals surface area (Å²) in [5.41, 5.74) is 8.33. The van der Waals surface area contributed by atoms with E-state index in [0.29, 0.717) is 6.61 Å². The lowest BCUT2D eigenvalue weighted by Crippen LogP contribution is -2.17. The van der Waals surface area contributed by atoms with Gasteiger partial charge in [0, 0.05) is 35.0 Å². The molecule has 2 N–H and O–H groups in total. The number of aryl methyl sites for hydroxylation is 2. The van der Waals surface area contributed by atoms with E-state index in [0.717, 1.165) is 65.8 Å². The van der Waals surface area contributed by atoms with Crippen molar-refractivity contribution in [3.05, 3.63) is 58.0 Å². The van der Waals surface area contributed by atoms with E-state index in [-0.39, 0.29) is 12.1 Å². The first-order valence-corrected chi connectivity index (χ1v) is 11.1. The standard InChI is InChI=1S/C24H24ClN3O2/c1-2-29-16-9-21(26-11-16)24-27-20-6-3-13-8-19-17-5-4-15(25)7-14(17)12-30-22(19)10-18(13)23(20)28-24/h4-5,7-8,10,16,21,26H,2-3,6,9,11-12H2,1H3,(H,27,28)/t16-,21-/m0/s1. The molecule has 0 amide bonds. The molecule has 0 saturated carbocycles. The van der Waals surface area contributed by atoms with Crippen LogP contribution in [-0.4, -0.2) is 29.2 Å². The van der Waals surface area contributed by atoms with Gasteiger partial charge in [0.1, 0.15) is 18.2 Å². The lowest BCUT2D eigenvalue weighted by molar-refractivity contribution is 0.0755. The third kappa shape index (κ3) is 2.96. The van der Waals surface area contributed by atoms with Gasteiger partial charge in [0.2, 0.25) is 0 Å². The maximum atomic E-state index is 6.18. The Morgan fingerprint density at radius 3 is 2.97 bits per heavy atom. The Hall–Kier alpha value is -2.34. The summed E-state index contributed by atoms with van der Waals surface area (Å²) in [6.07, 6.45) is 3.20. The zero-order chi connectivity index (χ0) is 20.2. The number of hydrogen-bond acceptors (Lipinski definition) is 4. The van der Waals surface area contributed by atoms with Gasteiger partial charge in [-0.1, -0.05) is 17.7 Å². The third-order valence-corrected chi connectivity index (χ3v) is 6.70. The minimum absolute atomic E-state index is 0.223. The number of aromatic nitrogens is 2. The molecule has 5 nitrogen and oxygen atoms in total. The van der Waals surface area contributed by atoms with E-state index in [1.807, 2.05) is 19.1 Å². The quantitative estimate of drug-likeness (QED) is 0.636. The number of hydrogen-bond donors (Lipinski definition) is 2. The molecule has 1 aromatic heterocycles. The van der Waals surface area contributed by atoms with E-state index in [1.165, 1.54) is 22.4 Å². The van der Waals surface area contributed by atoms with Crippen LogP contribution in [0.25, 0.3) is 22.4 Å². The van der Waals surface area contributed by atoms with Crippen molar-refractivity contribution in [1.82, 2.24) is 15.3 Å². The second kappa shape index (κ2) is 7.12. The van der Waals surface area contributed by atoms with Crippen molar-refractivity contribution in [2.24, 2.45) is 0 Å². The number of ether oxygens (including phenoxy) is 2. The number of nitrogens with zero attached hydrogens (tertiary/aromatic N) is 1. The Morgan fingerprint density at radius 2 is 2.07 bits per heavy atom. The summed E-state index contributed by atoms with van der Waals surface area (Å²) in [5.74, 6) is 1.95. The molecule has 0 unspecified atom stereocenters. The summed E-state index contributed by atoms with van der Waals surface area (Å²) < 4.78 is 11.9. The van der Waals surface area contributed by atoms with Gasteiger partial charge in [0.15, 0.2) is 0 Å². The molecule has 0 spiro atoms. The first kappa shape index (κ1) is 18.4. The van der Waals surface area contributed by atoms with Crippen LogP contribution in [0.1, 0.15) is 42.0 Å². The second-order valence-electron chi connectivity index (χ2n) is 8.32. The van der Waals surface area contributed by atoms with Gasteiger partial charge in [-0.05, 0) is 67.1 Å². The van der Waals surface area contributed by atoms with Crippen LogP contribution in [0.3, 0.4) is 0 Å². The van der Waals surface area contributed by atoms with Gasteiger partial charge in [0.05, 0.1) is 17.8 Å². The number of rotatable bonds is 3. The average Bonchev–Trinajstić information content (AvgIpc) is 3.39. The van der Waals surface area contributed by atoms with Crippen molar-refractivity contribution in [2.75, 3.05) is 13.2 Å². The third-order valence-electron chi connectivity index (χ3n) is 6.47. The van der Waals surface area contributed by atoms with Crippen molar-refractivity contribution in [2.45, 2.75) is 44.9 Å². The molecule has 0 bridgehead atoms. The first-order chi connectivity index (χ1) is 14.7. The fourth-order valence-corrected chi connectivity index (χ4v) is 5.21. The maximum Gasteiger partial charge on any atom is 0.128 e. The fourth-order valence-electron chi connectivity index (χ4n) is 5.01. The molecular weight excluding hydrogens is 398 g/mol. The monoisotopic (exact) mass is 421 g/mol. The van der Waals surface area contributed by atoms with Gasteiger partial charge >= 0.3 is 0 Å². The van der Waals surface area contributed by atoms with Crippen LogP contribution in [-0.2, 0) is 24.2 Å². The zero-order valence-corrected chi connectivity index (χ0v) is 17.7. The molecule has 6 heteroatoms. The molecule has 154 valence electrons. The number of H-pyrrole nitrogens is 1. The van der Waals surface area contributed by atoms with Crippen LogP contribution >= 0.6 is 11.6 Å². The Kier molecular flexibility index (Phi) is 4.37. The van der Waals surface area contributed by atoms with E-state index in [1.54, 1.807) is 0 Å². The minimum Gasteiger partial charge on any atom is -0.488 e. The highest BCUT2D eigenvalue weighted by atomic mass is 35.5. The van der Waals surface area contributed by atoms with Crippen molar-refractivity contribution >= 4 is 11.6 Å². The number of halogens is 1. The van der Waals surface area contributed by atoms with Crippen LogP contribution in [0.15, 0.2) is 30.3 Å². The smallest absolute Gasteiger partial charge is 0.128 e. The Morgan fingerprint density at radius 1 is 1.13 bits per heavy atom. The maximum absolute atomic E-state index is 6.18. The van der Waals surface area contributed by atoms with Gasteiger partial charge < -0.3 is 19.8 Å². The van der Waals surface area contributed by atoms with Crippen molar-refractivity contribution < 1.29 is 9.47 Å². The van der Waals surface area contributed by atoms with Crippen molar-refractivity contribution in [1.29, 1.82) is 0 Å². The average molecular weight is 422 g/mol. The number of aromatic amines is 1. The predicted octanol–water partition coefficient (Wildman–Crippen LogP) is 4.83. The summed E-state index contributed by atoms with van der Waals surface area (Å²) in [6, 6.07) is 10.7. The van der Waals surface area contributed by atoms with E-state index in [2.05, 4.69) is 28.5 Å². The molecule has 0 radical (unpaired) electrons. The Bertz CT molecular complexity index is 1140. The van der Waals surface area contributed by atoms with E-state index >= 15 is 0 Å². The minimum atomic E-state index is 0.223. The van der Waals surface area contributed by atoms with Gasteiger partial charge in [-0.15, -0.1) is 0 Å². The highest BCUT2D eigenvalue weighted by Crippen LogP contribution is 2.44. The van der Waals surface area contributed by atoms with Crippen LogP contribution in [0.4, 0.5) is 0 Å². The molecule has 6 rings (SSSR count). The number of nitrogens with one attached hydrogen (secondary N) is 2. The SMILES string of the molecule is CCO[C@@H]1CN[C@H](c2nc3c([nH]2)CCc2cc4c(cc2-3)OCc2cc(Cl)ccc2-4)C1. The van der Waals surface area contributed by atoms with E-state index < -0.39 is 0 Å². The normalized spacial score (nSPS) is 21.4. The molecule has 3 aromatic rings. The predicted molar refractivity (Wildman–Crippen MR) is 117 cm³/mol. The lowest BCUT2D eigenvalue weighted by atomic mass is 9.87. The summed E-state index contributed by atoms with van der Waals surface area (Å²) in [5, 5.41) is 4.30. The number of fused-ring (bicyclic) bond motifs is 6. The fraction of sp³-hybridized carbons (Fsp3) is 0.375. The highest BCUT2D eigenvalue weighted by Gasteiger charge is 2.31. The summed E-state index contributed by atoms with van der Waals surface area (Å²) in [4.78, 5) is 8.62. The van der Waals surface area contributed by atoms with Crippen molar-refractivity contribution in [3.63, 3.8) is 0 Å². The first-order valence-electron chi connectivity index (χ1n) is 10.7. The van der Waals surface area contributed by atoms with Crippen LogP contribution in [0, 0.1) is 0 Å². The van der Waals surface area contributed by atoms with Crippen LogP contribution in [0.2, 0.25) is 5.02 Å². The van der Waals surface area contributed by atoms with Gasteiger partial charge in [-0.3, -0.25) is 0 Å². The van der Waals surface area contributed by atoms with Gasteiger partial charge in [-0.25, -0.2) is 4.98 Å². The molecule has 3 aliphatic rings. The molecular formula is C24H24ClN3O2. The number of benzene rings is 2. The largest absolute Gasteiger partial charge is 0.488 e. The topological polar surface area (TPSA) is 59.2 Å². The van der Waals surface area contributed by atoms with Gasteiger partial charge in [-0.2, -0.15) is 0 Å². The highest BCUT2D eigenvalue weighted by molar-refractivity contribution is 6.30. The molecule has 30 heavy (non-hydrogen) atoms. The second-order valence-corrected chi connectivity index (χ2v) is 8.76. The zero-order valence-electron chi connectivity index (χ0n) is 16.9. The van der Waals surface area contributed by atoms with Crippen LogP contribution < -0.4 is 10.1 Å². The van der Waals surface area contributed by atoms with Crippen molar-refractivity contribution in [3.8, 4) is 28.1 Å². The molecule has 2 aromatic carbocycles. The molecule has 2 aliphatic heterocycles. The number of imidazole rings is 1. The Balaban J connectivity index is 1.37. The molecule has 1 aliphatic carbocycles. The summed E-state index contributed by atoms with van der Waals surface area (Å²) >= 11 is 6.18. The lowest BCUT2D eigenvalue weighted by Gasteiger charge is -2.24. The summed E-state index contributed by atoms with van der Waals surface area (Å²) in [7, 11) is 0. The molecule has 3 heterocycles. The van der Waals surface area contributed by atoms with Gasteiger partial charge in [0.25, 0.3) is 0 Å².